The lowest BCUT2D eigenvalue weighted by atomic mass is 9.74. The topological polar surface area (TPSA) is 92.5 Å². The van der Waals surface area contributed by atoms with Gasteiger partial charge in [-0.25, -0.2) is 12.7 Å². The lowest BCUT2D eigenvalue weighted by molar-refractivity contribution is -0.129. The van der Waals surface area contributed by atoms with E-state index in [1.807, 2.05) is 6.92 Å². The number of rotatable bonds is 3. The summed E-state index contributed by atoms with van der Waals surface area (Å²) < 4.78 is 24.4. The second kappa shape index (κ2) is 7.47. The monoisotopic (exact) mass is 353 g/mol. The number of halogens is 1. The predicted octanol–water partition coefficient (Wildman–Crippen LogP) is 0.856. The highest BCUT2D eigenvalue weighted by molar-refractivity contribution is 7.88. The van der Waals surface area contributed by atoms with E-state index in [0.717, 1.165) is 25.7 Å². The van der Waals surface area contributed by atoms with Gasteiger partial charge in [0.25, 0.3) is 0 Å². The fourth-order valence-electron chi connectivity index (χ4n) is 3.42. The maximum absolute atomic E-state index is 12.4. The Balaban J connectivity index is 0.00000242. The summed E-state index contributed by atoms with van der Waals surface area (Å²) in [6.45, 7) is 2.92. The molecule has 8 heteroatoms. The van der Waals surface area contributed by atoms with Gasteiger partial charge in [-0.3, -0.25) is 4.79 Å². The third kappa shape index (κ3) is 4.81. The van der Waals surface area contributed by atoms with E-state index >= 15 is 0 Å². The molecular formula is C14H28ClN3O3S. The second-order valence-electron chi connectivity index (χ2n) is 6.75. The minimum atomic E-state index is -3.12. The van der Waals surface area contributed by atoms with Gasteiger partial charge in [0.05, 0.1) is 12.2 Å². The maximum Gasteiger partial charge on any atom is 0.225 e. The molecule has 2 atom stereocenters. The molecule has 1 aliphatic carbocycles. The number of piperidine rings is 1. The van der Waals surface area contributed by atoms with Gasteiger partial charge in [0.15, 0.2) is 0 Å². The van der Waals surface area contributed by atoms with E-state index in [1.54, 1.807) is 0 Å². The van der Waals surface area contributed by atoms with Gasteiger partial charge in [-0.05, 0) is 32.6 Å². The molecule has 1 saturated heterocycles. The maximum atomic E-state index is 12.4. The van der Waals surface area contributed by atoms with E-state index in [1.165, 1.54) is 10.6 Å². The summed E-state index contributed by atoms with van der Waals surface area (Å²) >= 11 is 0. The van der Waals surface area contributed by atoms with Crippen LogP contribution in [0, 0.1) is 5.92 Å². The zero-order valence-electron chi connectivity index (χ0n) is 13.4. The largest absolute Gasteiger partial charge is 0.353 e. The third-order valence-electron chi connectivity index (χ3n) is 4.84. The van der Waals surface area contributed by atoms with E-state index in [9.17, 15) is 13.2 Å². The van der Waals surface area contributed by atoms with Crippen LogP contribution in [0.5, 0.6) is 0 Å². The number of sulfonamides is 1. The lowest BCUT2D eigenvalue weighted by Crippen LogP contribution is -2.55. The van der Waals surface area contributed by atoms with Gasteiger partial charge in [-0.2, -0.15) is 0 Å². The molecule has 0 aromatic heterocycles. The first-order valence-electron chi connectivity index (χ1n) is 7.74. The highest BCUT2D eigenvalue weighted by Gasteiger charge is 2.38. The SMILES string of the molecule is CC1(N)CCCCC1C(=O)NC1CCN(S(C)(=O)=O)CC1.Cl. The molecule has 1 amide bonds. The first-order valence-corrected chi connectivity index (χ1v) is 9.59. The molecule has 2 fully saturated rings. The summed E-state index contributed by atoms with van der Waals surface area (Å²) in [5.41, 5.74) is 5.84. The predicted molar refractivity (Wildman–Crippen MR) is 89.4 cm³/mol. The van der Waals surface area contributed by atoms with Crippen molar-refractivity contribution in [2.45, 2.75) is 57.0 Å². The molecule has 6 nitrogen and oxygen atoms in total. The van der Waals surface area contributed by atoms with Gasteiger partial charge < -0.3 is 11.1 Å². The molecule has 130 valence electrons. The Morgan fingerprint density at radius 1 is 1.23 bits per heavy atom. The van der Waals surface area contributed by atoms with Gasteiger partial charge in [-0.1, -0.05) is 12.8 Å². The molecule has 1 saturated carbocycles. The number of carbonyl (C=O) groups is 1. The Kier molecular flexibility index (Phi) is 6.68. The van der Waals surface area contributed by atoms with Crippen molar-refractivity contribution in [3.8, 4) is 0 Å². The fraction of sp³-hybridized carbons (Fsp3) is 0.929. The van der Waals surface area contributed by atoms with Crippen molar-refractivity contribution in [1.29, 1.82) is 0 Å². The summed E-state index contributed by atoms with van der Waals surface area (Å²) in [7, 11) is -3.12. The summed E-state index contributed by atoms with van der Waals surface area (Å²) in [5, 5.41) is 3.08. The van der Waals surface area contributed by atoms with Crippen LogP contribution in [0.25, 0.3) is 0 Å². The van der Waals surface area contributed by atoms with Crippen molar-refractivity contribution in [3.05, 3.63) is 0 Å². The van der Waals surface area contributed by atoms with Crippen molar-refractivity contribution in [2.24, 2.45) is 11.7 Å². The first kappa shape index (κ1) is 19.7. The summed E-state index contributed by atoms with van der Waals surface area (Å²) in [4.78, 5) is 12.4. The number of hydrogen-bond donors (Lipinski definition) is 2. The molecule has 1 aliphatic heterocycles. The molecule has 2 aliphatic rings. The standard InChI is InChI=1S/C14H27N3O3S.ClH/c1-14(15)8-4-3-5-12(14)13(18)16-11-6-9-17(10-7-11)21(2,19)20;/h11-12H,3-10,15H2,1-2H3,(H,16,18);1H. The minimum absolute atomic E-state index is 0. The van der Waals surface area contributed by atoms with E-state index < -0.39 is 15.6 Å². The zero-order chi connectivity index (χ0) is 15.7. The van der Waals surface area contributed by atoms with Gasteiger partial charge in [0.1, 0.15) is 0 Å². The smallest absolute Gasteiger partial charge is 0.225 e. The van der Waals surface area contributed by atoms with E-state index in [2.05, 4.69) is 5.32 Å². The van der Waals surface area contributed by atoms with Crippen LogP contribution < -0.4 is 11.1 Å². The fourth-order valence-corrected chi connectivity index (χ4v) is 4.30. The summed E-state index contributed by atoms with van der Waals surface area (Å²) in [6, 6.07) is 0.0632. The molecule has 0 radical (unpaired) electrons. The van der Waals surface area contributed by atoms with Crippen LogP contribution in [0.15, 0.2) is 0 Å². The van der Waals surface area contributed by atoms with Crippen molar-refractivity contribution >= 4 is 28.3 Å². The number of hydrogen-bond acceptors (Lipinski definition) is 4. The summed E-state index contributed by atoms with van der Waals surface area (Å²) in [5.74, 6) is -0.0864. The van der Waals surface area contributed by atoms with Crippen molar-refractivity contribution < 1.29 is 13.2 Å². The van der Waals surface area contributed by atoms with Gasteiger partial charge in [0, 0.05) is 24.7 Å². The number of nitrogens with zero attached hydrogens (tertiary/aromatic N) is 1. The Morgan fingerprint density at radius 2 is 1.82 bits per heavy atom. The molecule has 2 unspecified atom stereocenters. The molecule has 0 aromatic rings. The molecule has 0 bridgehead atoms. The van der Waals surface area contributed by atoms with Crippen molar-refractivity contribution in [2.75, 3.05) is 19.3 Å². The van der Waals surface area contributed by atoms with Crippen LogP contribution in [0.2, 0.25) is 0 Å². The average Bonchev–Trinajstić information content (AvgIpc) is 2.37. The van der Waals surface area contributed by atoms with Crippen LogP contribution in [-0.2, 0) is 14.8 Å². The Labute approximate surface area is 139 Å². The number of carbonyl (C=O) groups excluding carboxylic acids is 1. The normalized spacial score (nSPS) is 31.3. The molecule has 0 aromatic carbocycles. The molecule has 2 rings (SSSR count). The number of amides is 1. The minimum Gasteiger partial charge on any atom is -0.353 e. The zero-order valence-corrected chi connectivity index (χ0v) is 15.0. The van der Waals surface area contributed by atoms with Crippen LogP contribution in [-0.4, -0.2) is 49.6 Å². The van der Waals surface area contributed by atoms with E-state index in [4.69, 9.17) is 5.73 Å². The van der Waals surface area contributed by atoms with Crippen molar-refractivity contribution in [3.63, 3.8) is 0 Å². The van der Waals surface area contributed by atoms with Crippen LogP contribution in [0.3, 0.4) is 0 Å². The Bertz CT molecular complexity index is 488. The van der Waals surface area contributed by atoms with Gasteiger partial charge >= 0.3 is 0 Å². The second-order valence-corrected chi connectivity index (χ2v) is 8.73. The van der Waals surface area contributed by atoms with Crippen LogP contribution >= 0.6 is 12.4 Å². The first-order chi connectivity index (χ1) is 9.70. The summed E-state index contributed by atoms with van der Waals surface area (Å²) in [6.07, 6.45) is 6.45. The molecule has 3 N–H and O–H groups in total. The Morgan fingerprint density at radius 3 is 2.32 bits per heavy atom. The number of nitrogens with two attached hydrogens (primary N) is 1. The molecule has 1 heterocycles. The van der Waals surface area contributed by atoms with Gasteiger partial charge in [-0.15, -0.1) is 12.4 Å². The third-order valence-corrected chi connectivity index (χ3v) is 6.14. The highest BCUT2D eigenvalue weighted by atomic mass is 35.5. The number of nitrogens with one attached hydrogen (secondary N) is 1. The van der Waals surface area contributed by atoms with Crippen LogP contribution in [0.4, 0.5) is 0 Å². The molecule has 22 heavy (non-hydrogen) atoms. The van der Waals surface area contributed by atoms with Crippen LogP contribution in [0.1, 0.15) is 45.4 Å². The quantitative estimate of drug-likeness (QED) is 0.786. The van der Waals surface area contributed by atoms with E-state index in [0.29, 0.717) is 25.9 Å². The van der Waals surface area contributed by atoms with E-state index in [-0.39, 0.29) is 30.3 Å². The lowest BCUT2D eigenvalue weighted by Gasteiger charge is -2.39. The van der Waals surface area contributed by atoms with Gasteiger partial charge in [0.2, 0.25) is 15.9 Å². The molecular weight excluding hydrogens is 326 g/mol. The highest BCUT2D eigenvalue weighted by Crippen LogP contribution is 2.32. The van der Waals surface area contributed by atoms with Crippen molar-refractivity contribution in [1.82, 2.24) is 9.62 Å². The average molecular weight is 354 g/mol. The Hall–Kier alpha value is -0.370. The molecule has 0 spiro atoms.